The van der Waals surface area contributed by atoms with Crippen molar-refractivity contribution in [3.63, 3.8) is 0 Å². The van der Waals surface area contributed by atoms with E-state index < -0.39 is 0 Å². The van der Waals surface area contributed by atoms with Crippen molar-refractivity contribution in [1.82, 2.24) is 10.6 Å². The first-order chi connectivity index (χ1) is 14.5. The van der Waals surface area contributed by atoms with E-state index >= 15 is 0 Å². The van der Waals surface area contributed by atoms with Crippen molar-refractivity contribution in [3.05, 3.63) is 0 Å². The zero-order chi connectivity index (χ0) is 21.3. The molecule has 6 atom stereocenters. The molecule has 6 saturated heterocycles. The van der Waals surface area contributed by atoms with Crippen LogP contribution in [0.1, 0.15) is 104 Å². The van der Waals surface area contributed by atoms with Crippen molar-refractivity contribution in [2.24, 2.45) is 0 Å². The molecule has 6 rings (SSSR count). The lowest BCUT2D eigenvalue weighted by Gasteiger charge is -2.35. The molecule has 0 amide bonds. The van der Waals surface area contributed by atoms with Gasteiger partial charge in [-0.2, -0.15) is 0 Å². The molecule has 0 aromatic rings. The van der Waals surface area contributed by atoms with Crippen LogP contribution in [0, 0.1) is 0 Å². The Bertz CT molecular complexity index is 507. The molecular formula is C24H42N2O4. The molecule has 30 heavy (non-hydrogen) atoms. The highest BCUT2D eigenvalue weighted by molar-refractivity contribution is 5.69. The number of esters is 2. The highest BCUT2D eigenvalue weighted by Crippen LogP contribution is 2.23. The maximum atomic E-state index is 12.3. The number of ether oxygens (including phenoxy) is 2. The van der Waals surface area contributed by atoms with Gasteiger partial charge in [-0.1, -0.05) is 25.7 Å². The summed E-state index contributed by atoms with van der Waals surface area (Å²) < 4.78 is 11.5. The molecule has 0 aromatic carbocycles. The van der Waals surface area contributed by atoms with Gasteiger partial charge >= 0.3 is 11.9 Å². The summed E-state index contributed by atoms with van der Waals surface area (Å²) in [5.74, 6) is -0.0772. The van der Waals surface area contributed by atoms with E-state index in [1.165, 1.54) is 0 Å². The second-order valence-corrected chi connectivity index (χ2v) is 9.71. The van der Waals surface area contributed by atoms with Crippen LogP contribution in [0.25, 0.3) is 0 Å². The molecule has 6 nitrogen and oxygen atoms in total. The molecule has 4 bridgehead atoms. The summed E-state index contributed by atoms with van der Waals surface area (Å²) in [6.07, 6.45) is 13.4. The molecular weight excluding hydrogens is 380 g/mol. The van der Waals surface area contributed by atoms with Gasteiger partial charge in [-0.05, 0) is 65.2 Å². The van der Waals surface area contributed by atoms with Crippen LogP contribution in [0.5, 0.6) is 0 Å². The Morgan fingerprint density at radius 3 is 1.43 bits per heavy atom. The smallest absolute Gasteiger partial charge is 0.306 e. The Morgan fingerprint density at radius 2 is 1.03 bits per heavy atom. The van der Waals surface area contributed by atoms with Gasteiger partial charge in [-0.25, -0.2) is 0 Å². The number of carbonyl (C=O) groups is 2. The van der Waals surface area contributed by atoms with Gasteiger partial charge in [0, 0.05) is 37.0 Å². The molecule has 0 saturated carbocycles. The van der Waals surface area contributed by atoms with Gasteiger partial charge in [0.25, 0.3) is 0 Å². The molecule has 2 N–H and O–H groups in total. The van der Waals surface area contributed by atoms with Crippen molar-refractivity contribution >= 4 is 11.9 Å². The normalized spacial score (nSPS) is 38.2. The molecule has 6 fully saturated rings. The molecule has 0 aliphatic carbocycles. The van der Waals surface area contributed by atoms with Gasteiger partial charge in [0.05, 0.1) is 0 Å². The summed E-state index contributed by atoms with van der Waals surface area (Å²) in [7, 11) is 0. The monoisotopic (exact) mass is 422 g/mol. The first-order valence-corrected chi connectivity index (χ1v) is 12.4. The lowest BCUT2D eigenvalue weighted by Crippen LogP contribution is -2.50. The summed E-state index contributed by atoms with van der Waals surface area (Å²) in [5, 5.41) is 7.26. The van der Waals surface area contributed by atoms with E-state index in [2.05, 4.69) is 24.5 Å². The minimum Gasteiger partial charge on any atom is -0.461 e. The van der Waals surface area contributed by atoms with E-state index in [9.17, 15) is 9.59 Å². The second-order valence-electron chi connectivity index (χ2n) is 9.71. The zero-order valence-corrected chi connectivity index (χ0v) is 19.0. The fourth-order valence-corrected chi connectivity index (χ4v) is 5.26. The van der Waals surface area contributed by atoms with Crippen molar-refractivity contribution in [2.45, 2.75) is 140 Å². The van der Waals surface area contributed by atoms with Crippen LogP contribution >= 0.6 is 0 Å². The third kappa shape index (κ3) is 7.52. The highest BCUT2D eigenvalue weighted by atomic mass is 16.5. The summed E-state index contributed by atoms with van der Waals surface area (Å²) in [6.45, 7) is 4.25. The zero-order valence-electron chi connectivity index (χ0n) is 19.0. The largest absolute Gasteiger partial charge is 0.461 e. The second kappa shape index (κ2) is 12.0. The Balaban J connectivity index is 1.50. The summed E-state index contributed by atoms with van der Waals surface area (Å²) >= 11 is 0. The average Bonchev–Trinajstić information content (AvgIpc) is 2.71. The van der Waals surface area contributed by atoms with Crippen LogP contribution in [0.2, 0.25) is 0 Å². The first kappa shape index (κ1) is 23.5. The van der Waals surface area contributed by atoms with Gasteiger partial charge in [-0.15, -0.1) is 0 Å². The van der Waals surface area contributed by atoms with Gasteiger partial charge in [0.2, 0.25) is 0 Å². The van der Waals surface area contributed by atoms with E-state index in [0.717, 1.165) is 77.0 Å². The predicted octanol–water partition coefficient (Wildman–Crippen LogP) is 4.01. The fourth-order valence-electron chi connectivity index (χ4n) is 5.26. The number of carbonyl (C=O) groups excluding carboxylic acids is 2. The molecule has 6 aliphatic heterocycles. The number of hydrogen-bond acceptors (Lipinski definition) is 6. The van der Waals surface area contributed by atoms with Gasteiger partial charge in [0.1, 0.15) is 12.2 Å². The molecule has 172 valence electrons. The van der Waals surface area contributed by atoms with Crippen molar-refractivity contribution in [3.8, 4) is 0 Å². The third-order valence-electron chi connectivity index (χ3n) is 7.14. The van der Waals surface area contributed by atoms with Crippen LogP contribution in [-0.4, -0.2) is 48.3 Å². The van der Waals surface area contributed by atoms with Crippen LogP contribution in [0.4, 0.5) is 0 Å². The lowest BCUT2D eigenvalue weighted by atomic mass is 9.92. The number of rotatable bonds is 0. The number of piperidine rings is 2. The van der Waals surface area contributed by atoms with Crippen LogP contribution < -0.4 is 10.6 Å². The Hall–Kier alpha value is -1.14. The summed E-state index contributed by atoms with van der Waals surface area (Å²) in [5.41, 5.74) is 0. The van der Waals surface area contributed by atoms with Crippen LogP contribution in [-0.2, 0) is 19.1 Å². The molecule has 6 aliphatic rings. The van der Waals surface area contributed by atoms with Gasteiger partial charge < -0.3 is 20.1 Å². The third-order valence-corrected chi connectivity index (χ3v) is 7.14. The van der Waals surface area contributed by atoms with Crippen LogP contribution in [0.15, 0.2) is 0 Å². The molecule has 6 heteroatoms. The fraction of sp³-hybridized carbons (Fsp3) is 0.917. The molecule has 0 aromatic heterocycles. The van der Waals surface area contributed by atoms with Crippen LogP contribution in [0.3, 0.4) is 0 Å². The van der Waals surface area contributed by atoms with Gasteiger partial charge in [-0.3, -0.25) is 9.59 Å². The quantitative estimate of drug-likeness (QED) is 0.575. The number of hydrogen-bond donors (Lipinski definition) is 2. The van der Waals surface area contributed by atoms with E-state index in [-0.39, 0.29) is 36.2 Å². The van der Waals surface area contributed by atoms with Crippen molar-refractivity contribution in [2.75, 3.05) is 0 Å². The predicted molar refractivity (Wildman–Crippen MR) is 117 cm³/mol. The van der Waals surface area contributed by atoms with E-state index in [4.69, 9.17) is 9.47 Å². The molecule has 0 radical (unpaired) electrons. The van der Waals surface area contributed by atoms with Crippen molar-refractivity contribution in [1.29, 1.82) is 0 Å². The number of nitrogens with one attached hydrogen (secondary N) is 2. The summed E-state index contributed by atoms with van der Waals surface area (Å²) in [4.78, 5) is 24.5. The Labute approximate surface area is 182 Å². The van der Waals surface area contributed by atoms with Gasteiger partial charge in [0.15, 0.2) is 0 Å². The average molecular weight is 423 g/mol. The summed E-state index contributed by atoms with van der Waals surface area (Å²) in [6, 6.07) is 1.40. The minimum absolute atomic E-state index is 0.00208. The molecule has 6 heterocycles. The first-order valence-electron chi connectivity index (χ1n) is 12.4. The maximum absolute atomic E-state index is 12.3. The Morgan fingerprint density at radius 1 is 0.600 bits per heavy atom. The minimum atomic E-state index is -0.0386. The van der Waals surface area contributed by atoms with E-state index in [1.54, 1.807) is 0 Å². The SMILES string of the molecule is C[C@@H]1N[C@@H]2CCCCCC(=O)O[C@H]3CC[C@@H](CCCCCC(=O)O[C@H]1CC2)N[C@H]3C. The van der Waals surface area contributed by atoms with Crippen molar-refractivity contribution < 1.29 is 19.1 Å². The standard InChI is InChI=1S/C24H42N2O4/c1-17-21-15-13-19(25-17)9-5-3-8-12-24(28)30-22-16-14-20(26-18(22)2)10-6-4-7-11-23(27)29-21/h17-22,25-26H,3-16H2,1-2H3/t17-,18-,19+,20+,21-,22-/m0/s1. The molecule has 0 spiro atoms. The van der Waals surface area contributed by atoms with E-state index in [1.807, 2.05) is 0 Å². The maximum Gasteiger partial charge on any atom is 0.306 e. The Kier molecular flexibility index (Phi) is 9.44. The topological polar surface area (TPSA) is 76.7 Å². The molecule has 0 unspecified atom stereocenters. The lowest BCUT2D eigenvalue weighted by molar-refractivity contribution is -0.153. The van der Waals surface area contributed by atoms with E-state index in [0.29, 0.717) is 24.9 Å². The highest BCUT2D eigenvalue weighted by Gasteiger charge is 2.30.